The van der Waals surface area contributed by atoms with Crippen molar-refractivity contribution in [3.63, 3.8) is 0 Å². The molecule has 35 heavy (non-hydrogen) atoms. The number of likely N-dealkylation sites (N-methyl/N-ethyl adjacent to an activating group) is 1. The Kier molecular flexibility index (Phi) is 8.38. The summed E-state index contributed by atoms with van der Waals surface area (Å²) < 4.78 is 17.6. The number of morpholine rings is 1. The van der Waals surface area contributed by atoms with Crippen molar-refractivity contribution in [2.45, 2.75) is 18.6 Å². The molecule has 0 aromatic heterocycles. The molecule has 2 fully saturated rings. The number of halogens is 1. The first-order valence-corrected chi connectivity index (χ1v) is 12.3. The number of hydrogen-bond acceptors (Lipinski definition) is 7. The van der Waals surface area contributed by atoms with E-state index < -0.39 is 5.60 Å². The number of rotatable bonds is 8. The SMILES string of the molecule is COc1ccc(CN2CCO[C@@](COc3ccc(Cl)cc3)(CC(=O)N3CCN(C)CC3)C2)cc1O. The Morgan fingerprint density at radius 3 is 2.54 bits per heavy atom. The van der Waals surface area contributed by atoms with Crippen LogP contribution in [0.3, 0.4) is 0 Å². The fraction of sp³-hybridized carbons (Fsp3) is 0.500. The average molecular weight is 504 g/mol. The molecule has 1 atom stereocenters. The Morgan fingerprint density at radius 1 is 1.11 bits per heavy atom. The van der Waals surface area contributed by atoms with Gasteiger partial charge in [0.25, 0.3) is 0 Å². The lowest BCUT2D eigenvalue weighted by atomic mass is 9.96. The molecule has 0 saturated carbocycles. The molecule has 0 aliphatic carbocycles. The molecule has 1 amide bonds. The number of piperazine rings is 1. The van der Waals surface area contributed by atoms with Crippen molar-refractivity contribution in [2.75, 3.05) is 66.6 Å². The number of methoxy groups -OCH3 is 1. The summed E-state index contributed by atoms with van der Waals surface area (Å²) in [6, 6.07) is 12.6. The molecule has 190 valence electrons. The smallest absolute Gasteiger partial charge is 0.225 e. The summed E-state index contributed by atoms with van der Waals surface area (Å²) in [5.41, 5.74) is 0.176. The topological polar surface area (TPSA) is 74.7 Å². The van der Waals surface area contributed by atoms with E-state index in [4.69, 9.17) is 25.8 Å². The van der Waals surface area contributed by atoms with Gasteiger partial charge >= 0.3 is 0 Å². The van der Waals surface area contributed by atoms with Crippen LogP contribution < -0.4 is 9.47 Å². The van der Waals surface area contributed by atoms with Crippen molar-refractivity contribution < 1.29 is 24.1 Å². The predicted molar refractivity (Wildman–Crippen MR) is 134 cm³/mol. The fourth-order valence-electron chi connectivity index (χ4n) is 4.58. The summed E-state index contributed by atoms with van der Waals surface area (Å²) in [5.74, 6) is 1.32. The zero-order valence-corrected chi connectivity index (χ0v) is 21.2. The van der Waals surface area contributed by atoms with Crippen LogP contribution in [-0.2, 0) is 16.1 Å². The van der Waals surface area contributed by atoms with Gasteiger partial charge in [-0.3, -0.25) is 9.69 Å². The predicted octanol–water partition coefficient (Wildman–Crippen LogP) is 2.87. The number of carbonyl (C=O) groups is 1. The summed E-state index contributed by atoms with van der Waals surface area (Å²) in [4.78, 5) is 19.7. The molecule has 2 aromatic carbocycles. The van der Waals surface area contributed by atoms with E-state index in [2.05, 4.69) is 16.8 Å². The van der Waals surface area contributed by atoms with Crippen LogP contribution >= 0.6 is 11.6 Å². The van der Waals surface area contributed by atoms with E-state index in [1.807, 2.05) is 23.1 Å². The van der Waals surface area contributed by atoms with Gasteiger partial charge in [0, 0.05) is 50.8 Å². The third kappa shape index (κ3) is 6.79. The molecule has 8 nitrogen and oxygen atoms in total. The highest BCUT2D eigenvalue weighted by molar-refractivity contribution is 6.30. The zero-order chi connectivity index (χ0) is 24.8. The summed E-state index contributed by atoms with van der Waals surface area (Å²) in [6.07, 6.45) is 0.245. The maximum atomic E-state index is 13.3. The Balaban J connectivity index is 1.48. The first-order chi connectivity index (χ1) is 16.9. The standard InChI is InChI=1S/C26H34ClN3O5/c1-28-9-11-30(12-10-28)25(32)16-26(19-34-22-6-4-21(27)5-7-22)18-29(13-14-35-26)17-20-3-8-24(33-2)23(31)15-20/h3-8,15,31H,9-14,16-19H2,1-2H3/t26-/m0/s1. The van der Waals surface area contributed by atoms with E-state index in [0.717, 1.165) is 38.3 Å². The van der Waals surface area contributed by atoms with Gasteiger partial charge < -0.3 is 29.1 Å². The minimum absolute atomic E-state index is 0.0850. The lowest BCUT2D eigenvalue weighted by Gasteiger charge is -2.43. The molecule has 0 unspecified atom stereocenters. The first kappa shape index (κ1) is 25.6. The minimum atomic E-state index is -0.785. The Morgan fingerprint density at radius 2 is 1.86 bits per heavy atom. The largest absolute Gasteiger partial charge is 0.504 e. The second-order valence-corrected chi connectivity index (χ2v) is 9.79. The first-order valence-electron chi connectivity index (χ1n) is 11.9. The van der Waals surface area contributed by atoms with Gasteiger partial charge in [-0.25, -0.2) is 0 Å². The molecule has 2 aliphatic rings. The van der Waals surface area contributed by atoms with Crippen molar-refractivity contribution in [1.29, 1.82) is 0 Å². The lowest BCUT2D eigenvalue weighted by molar-refractivity contribution is -0.157. The van der Waals surface area contributed by atoms with Gasteiger partial charge in [-0.2, -0.15) is 0 Å². The second-order valence-electron chi connectivity index (χ2n) is 9.35. The average Bonchev–Trinajstić information content (AvgIpc) is 2.84. The number of nitrogens with zero attached hydrogens (tertiary/aromatic N) is 3. The molecule has 9 heteroatoms. The van der Waals surface area contributed by atoms with Crippen LogP contribution in [-0.4, -0.2) is 98.0 Å². The van der Waals surface area contributed by atoms with Crippen LogP contribution in [0.15, 0.2) is 42.5 Å². The summed E-state index contributed by atoms with van der Waals surface area (Å²) >= 11 is 6.01. The number of carbonyl (C=O) groups excluding carboxylic acids is 1. The molecule has 1 N–H and O–H groups in total. The van der Waals surface area contributed by atoms with Crippen molar-refractivity contribution in [1.82, 2.24) is 14.7 Å². The number of hydrogen-bond donors (Lipinski definition) is 1. The number of ether oxygens (including phenoxy) is 3. The van der Waals surface area contributed by atoms with Crippen LogP contribution in [0.25, 0.3) is 0 Å². The second kappa shape index (κ2) is 11.5. The molecule has 0 radical (unpaired) electrons. The molecule has 2 heterocycles. The van der Waals surface area contributed by atoms with E-state index in [1.165, 1.54) is 7.11 Å². The van der Waals surface area contributed by atoms with E-state index in [0.29, 0.717) is 36.2 Å². The normalized spacial score (nSPS) is 21.6. The van der Waals surface area contributed by atoms with Crippen molar-refractivity contribution >= 4 is 17.5 Å². The molecule has 0 spiro atoms. The van der Waals surface area contributed by atoms with E-state index in [-0.39, 0.29) is 24.7 Å². The summed E-state index contributed by atoms with van der Waals surface area (Å²) in [7, 11) is 3.60. The lowest BCUT2D eigenvalue weighted by Crippen LogP contribution is -2.58. The molecule has 2 aliphatic heterocycles. The van der Waals surface area contributed by atoms with Gasteiger partial charge in [0.15, 0.2) is 11.5 Å². The minimum Gasteiger partial charge on any atom is -0.504 e. The Hall–Kier alpha value is -2.52. The fourth-order valence-corrected chi connectivity index (χ4v) is 4.71. The molecule has 2 saturated heterocycles. The van der Waals surface area contributed by atoms with Crippen LogP contribution in [0.2, 0.25) is 5.02 Å². The monoisotopic (exact) mass is 503 g/mol. The Bertz CT molecular complexity index is 997. The van der Waals surface area contributed by atoms with Crippen LogP contribution in [0, 0.1) is 0 Å². The van der Waals surface area contributed by atoms with Gasteiger partial charge in [-0.05, 0) is 49.0 Å². The number of phenols is 1. The number of aromatic hydroxyl groups is 1. The van der Waals surface area contributed by atoms with Crippen molar-refractivity contribution in [2.24, 2.45) is 0 Å². The number of phenolic OH excluding ortho intramolecular Hbond substituents is 1. The number of benzene rings is 2. The van der Waals surface area contributed by atoms with Crippen LogP contribution in [0.4, 0.5) is 0 Å². The van der Waals surface area contributed by atoms with Gasteiger partial charge in [0.05, 0.1) is 20.1 Å². The molecular weight excluding hydrogens is 470 g/mol. The highest BCUT2D eigenvalue weighted by Crippen LogP contribution is 2.30. The van der Waals surface area contributed by atoms with Crippen molar-refractivity contribution in [3.8, 4) is 17.2 Å². The van der Waals surface area contributed by atoms with Crippen LogP contribution in [0.5, 0.6) is 17.2 Å². The van der Waals surface area contributed by atoms with Crippen molar-refractivity contribution in [3.05, 3.63) is 53.1 Å². The van der Waals surface area contributed by atoms with Crippen LogP contribution in [0.1, 0.15) is 12.0 Å². The Labute approximate surface area is 211 Å². The third-order valence-corrected chi connectivity index (χ3v) is 6.87. The highest BCUT2D eigenvalue weighted by Gasteiger charge is 2.41. The van der Waals surface area contributed by atoms with E-state index in [1.54, 1.807) is 24.3 Å². The summed E-state index contributed by atoms with van der Waals surface area (Å²) in [6.45, 7) is 5.79. The quantitative estimate of drug-likeness (QED) is 0.593. The van der Waals surface area contributed by atoms with E-state index >= 15 is 0 Å². The summed E-state index contributed by atoms with van der Waals surface area (Å²) in [5, 5.41) is 10.8. The molecule has 0 bridgehead atoms. The zero-order valence-electron chi connectivity index (χ0n) is 20.4. The van der Waals surface area contributed by atoms with Gasteiger partial charge in [-0.1, -0.05) is 17.7 Å². The van der Waals surface area contributed by atoms with Gasteiger partial charge in [0.2, 0.25) is 5.91 Å². The third-order valence-electron chi connectivity index (χ3n) is 6.62. The maximum absolute atomic E-state index is 13.3. The highest BCUT2D eigenvalue weighted by atomic mass is 35.5. The van der Waals surface area contributed by atoms with Gasteiger partial charge in [0.1, 0.15) is 18.0 Å². The maximum Gasteiger partial charge on any atom is 0.225 e. The molecule has 2 aromatic rings. The van der Waals surface area contributed by atoms with Gasteiger partial charge in [-0.15, -0.1) is 0 Å². The molecule has 4 rings (SSSR count). The number of amides is 1. The molecular formula is C26H34ClN3O5. The van der Waals surface area contributed by atoms with E-state index in [9.17, 15) is 9.90 Å².